The topological polar surface area (TPSA) is 71.1 Å². The highest BCUT2D eigenvalue weighted by Gasteiger charge is 2.22. The Kier molecular flexibility index (Phi) is 7.84. The molecule has 2 amide bonds. The first-order chi connectivity index (χ1) is 14.5. The van der Waals surface area contributed by atoms with E-state index in [-0.39, 0.29) is 11.8 Å². The maximum atomic E-state index is 12.8. The number of methoxy groups -OCH3 is 1. The highest BCUT2D eigenvalue weighted by atomic mass is 32.1. The number of hydrogen-bond acceptors (Lipinski definition) is 6. The van der Waals surface area contributed by atoms with Gasteiger partial charge in [-0.3, -0.25) is 9.59 Å². The zero-order valence-corrected chi connectivity index (χ0v) is 18.6. The Morgan fingerprint density at radius 3 is 2.67 bits per heavy atom. The Morgan fingerprint density at radius 2 is 1.97 bits per heavy atom. The lowest BCUT2D eigenvalue weighted by Crippen LogP contribution is -2.40. The fraction of sp³-hybridized carbons (Fsp3) is 0.455. The van der Waals surface area contributed by atoms with Gasteiger partial charge in [-0.05, 0) is 56.9 Å². The summed E-state index contributed by atoms with van der Waals surface area (Å²) in [6.45, 7) is 3.87. The van der Waals surface area contributed by atoms with Gasteiger partial charge in [0.05, 0.1) is 30.8 Å². The zero-order chi connectivity index (χ0) is 21.5. The van der Waals surface area contributed by atoms with Gasteiger partial charge in [-0.1, -0.05) is 6.07 Å². The normalized spacial score (nSPS) is 14.1. The predicted molar refractivity (Wildman–Crippen MR) is 119 cm³/mol. The quantitative estimate of drug-likeness (QED) is 0.651. The molecule has 1 saturated heterocycles. The van der Waals surface area contributed by atoms with Gasteiger partial charge in [0.2, 0.25) is 0 Å². The minimum absolute atomic E-state index is 0.0503. The molecule has 0 bridgehead atoms. The van der Waals surface area contributed by atoms with E-state index in [1.54, 1.807) is 18.1 Å². The number of morpholine rings is 1. The average Bonchev–Trinajstić information content (AvgIpc) is 3.26. The summed E-state index contributed by atoms with van der Waals surface area (Å²) in [7, 11) is 5.60. The Bertz CT molecular complexity index is 875. The third-order valence-corrected chi connectivity index (χ3v) is 6.05. The first-order valence-electron chi connectivity index (χ1n) is 10.1. The van der Waals surface area contributed by atoms with Gasteiger partial charge in [0, 0.05) is 24.5 Å². The van der Waals surface area contributed by atoms with Crippen molar-refractivity contribution in [3.8, 4) is 16.2 Å². The van der Waals surface area contributed by atoms with Crippen LogP contribution >= 0.6 is 11.3 Å². The Balaban J connectivity index is 1.69. The first kappa shape index (κ1) is 22.3. The van der Waals surface area contributed by atoms with E-state index in [9.17, 15) is 9.59 Å². The number of amides is 2. The second-order valence-electron chi connectivity index (χ2n) is 7.40. The van der Waals surface area contributed by atoms with Crippen LogP contribution in [0.5, 0.6) is 5.75 Å². The minimum atomic E-state index is -0.0592. The molecular weight excluding hydrogens is 402 g/mol. The average molecular weight is 432 g/mol. The van der Waals surface area contributed by atoms with Crippen LogP contribution < -0.4 is 10.1 Å². The van der Waals surface area contributed by atoms with Crippen molar-refractivity contribution in [2.24, 2.45) is 0 Å². The molecule has 3 rings (SSSR count). The number of nitrogens with one attached hydrogen (secondary N) is 1. The van der Waals surface area contributed by atoms with Crippen molar-refractivity contribution in [2.75, 3.05) is 60.6 Å². The Morgan fingerprint density at radius 1 is 1.20 bits per heavy atom. The van der Waals surface area contributed by atoms with E-state index in [1.807, 2.05) is 38.4 Å². The molecular formula is C22H29N3O4S. The number of hydrogen-bond donors (Lipinski definition) is 1. The fourth-order valence-corrected chi connectivity index (χ4v) is 4.18. The van der Waals surface area contributed by atoms with Crippen LogP contribution in [0.2, 0.25) is 0 Å². The molecule has 162 valence electrons. The largest absolute Gasteiger partial charge is 0.496 e. The summed E-state index contributed by atoms with van der Waals surface area (Å²) in [5.41, 5.74) is 1.46. The van der Waals surface area contributed by atoms with E-state index in [0.29, 0.717) is 49.0 Å². The molecule has 1 aliphatic heterocycles. The lowest BCUT2D eigenvalue weighted by atomic mass is 10.1. The van der Waals surface area contributed by atoms with Crippen molar-refractivity contribution >= 4 is 23.2 Å². The monoisotopic (exact) mass is 431 g/mol. The molecule has 1 aliphatic rings. The number of nitrogens with zero attached hydrogens (tertiary/aromatic N) is 2. The highest BCUT2D eigenvalue weighted by molar-refractivity contribution is 7.17. The maximum absolute atomic E-state index is 12.8. The summed E-state index contributed by atoms with van der Waals surface area (Å²) in [4.78, 5) is 30.7. The summed E-state index contributed by atoms with van der Waals surface area (Å²) < 4.78 is 10.8. The number of benzene rings is 1. The molecule has 30 heavy (non-hydrogen) atoms. The molecule has 7 nitrogen and oxygen atoms in total. The van der Waals surface area contributed by atoms with Gasteiger partial charge in [-0.15, -0.1) is 11.3 Å². The molecule has 0 unspecified atom stereocenters. The van der Waals surface area contributed by atoms with E-state index in [0.717, 1.165) is 23.4 Å². The third-order valence-electron chi connectivity index (χ3n) is 4.91. The van der Waals surface area contributed by atoms with Crippen molar-refractivity contribution in [2.45, 2.75) is 6.42 Å². The van der Waals surface area contributed by atoms with E-state index in [2.05, 4.69) is 10.2 Å². The number of rotatable bonds is 8. The third kappa shape index (κ3) is 5.59. The zero-order valence-electron chi connectivity index (χ0n) is 17.8. The van der Waals surface area contributed by atoms with Gasteiger partial charge in [0.15, 0.2) is 0 Å². The molecule has 0 radical (unpaired) electrons. The molecule has 8 heteroatoms. The molecule has 1 aromatic carbocycles. The Hall–Kier alpha value is -2.42. The molecule has 1 N–H and O–H groups in total. The molecule has 1 aromatic heterocycles. The van der Waals surface area contributed by atoms with Crippen LogP contribution in [0.15, 0.2) is 30.3 Å². The summed E-state index contributed by atoms with van der Waals surface area (Å²) in [6.07, 6.45) is 0.910. The predicted octanol–water partition coefficient (Wildman–Crippen LogP) is 2.58. The van der Waals surface area contributed by atoms with Gasteiger partial charge < -0.3 is 24.6 Å². The van der Waals surface area contributed by atoms with Crippen molar-refractivity contribution < 1.29 is 19.1 Å². The number of carbonyl (C=O) groups excluding carboxylic acids is 2. The van der Waals surface area contributed by atoms with E-state index >= 15 is 0 Å². The van der Waals surface area contributed by atoms with Crippen LogP contribution in [0.25, 0.3) is 10.4 Å². The van der Waals surface area contributed by atoms with E-state index in [1.165, 1.54) is 11.3 Å². The molecule has 1 fully saturated rings. The summed E-state index contributed by atoms with van der Waals surface area (Å²) in [5, 5.41) is 2.96. The van der Waals surface area contributed by atoms with Gasteiger partial charge in [0.1, 0.15) is 5.75 Å². The van der Waals surface area contributed by atoms with Crippen LogP contribution in [0.4, 0.5) is 0 Å². The van der Waals surface area contributed by atoms with Crippen molar-refractivity contribution in [1.82, 2.24) is 15.1 Å². The summed E-state index contributed by atoms with van der Waals surface area (Å²) in [5.74, 6) is 0.425. The van der Waals surface area contributed by atoms with Crippen LogP contribution in [0, 0.1) is 0 Å². The SMILES string of the molecule is COc1cc(-c2ccc(C(=O)NCCCN(C)C)s2)ccc1C(=O)N1CCOCC1. The van der Waals surface area contributed by atoms with Gasteiger partial charge in [0.25, 0.3) is 11.8 Å². The minimum Gasteiger partial charge on any atom is -0.496 e. The Labute approximate surface area is 181 Å². The molecule has 2 aromatic rings. The van der Waals surface area contributed by atoms with Gasteiger partial charge >= 0.3 is 0 Å². The van der Waals surface area contributed by atoms with Gasteiger partial charge in [-0.2, -0.15) is 0 Å². The van der Waals surface area contributed by atoms with Crippen molar-refractivity contribution in [3.05, 3.63) is 40.8 Å². The smallest absolute Gasteiger partial charge is 0.261 e. The highest BCUT2D eigenvalue weighted by Crippen LogP contribution is 2.32. The molecule has 0 spiro atoms. The first-order valence-corrected chi connectivity index (χ1v) is 10.9. The van der Waals surface area contributed by atoms with Crippen molar-refractivity contribution in [1.29, 1.82) is 0 Å². The maximum Gasteiger partial charge on any atom is 0.261 e. The lowest BCUT2D eigenvalue weighted by molar-refractivity contribution is 0.0301. The van der Waals surface area contributed by atoms with Crippen LogP contribution in [-0.2, 0) is 4.74 Å². The number of ether oxygens (including phenoxy) is 2. The molecule has 2 heterocycles. The lowest BCUT2D eigenvalue weighted by Gasteiger charge is -2.27. The molecule has 0 aliphatic carbocycles. The van der Waals surface area contributed by atoms with Crippen LogP contribution in [0.1, 0.15) is 26.5 Å². The van der Waals surface area contributed by atoms with Crippen LogP contribution in [0.3, 0.4) is 0 Å². The van der Waals surface area contributed by atoms with Gasteiger partial charge in [-0.25, -0.2) is 0 Å². The van der Waals surface area contributed by atoms with E-state index < -0.39 is 0 Å². The standard InChI is InChI=1S/C22H29N3O4S/c1-24(2)10-4-9-23-21(26)20-8-7-19(30-20)16-5-6-17(18(15-16)28-3)22(27)25-11-13-29-14-12-25/h5-8,15H,4,9-14H2,1-3H3,(H,23,26). The summed E-state index contributed by atoms with van der Waals surface area (Å²) >= 11 is 1.43. The summed E-state index contributed by atoms with van der Waals surface area (Å²) in [6, 6.07) is 9.32. The molecule has 0 atom stereocenters. The number of carbonyl (C=O) groups is 2. The molecule has 0 saturated carbocycles. The van der Waals surface area contributed by atoms with Crippen LogP contribution in [-0.4, -0.2) is 82.2 Å². The number of thiophene rings is 1. The second kappa shape index (κ2) is 10.6. The fourth-order valence-electron chi connectivity index (χ4n) is 3.26. The second-order valence-corrected chi connectivity index (χ2v) is 8.48. The van der Waals surface area contributed by atoms with E-state index in [4.69, 9.17) is 9.47 Å². The van der Waals surface area contributed by atoms with Crippen molar-refractivity contribution in [3.63, 3.8) is 0 Å².